The van der Waals surface area contributed by atoms with Gasteiger partial charge in [0, 0.05) is 18.3 Å². The number of nitrogen functional groups attached to an aromatic ring is 1. The van der Waals surface area contributed by atoms with E-state index in [0.717, 1.165) is 36.2 Å². The van der Waals surface area contributed by atoms with E-state index >= 15 is 0 Å². The van der Waals surface area contributed by atoms with E-state index in [2.05, 4.69) is 20.3 Å². The van der Waals surface area contributed by atoms with Crippen LogP contribution in [0.2, 0.25) is 0 Å². The Morgan fingerprint density at radius 2 is 2.04 bits per heavy atom. The standard InChI is InChI=1S/C17H20N6O/c18-17-19-10-14(20-17)7-4-8-15-11-23(22-21-15)12-16(24)9-13-5-2-1-3-6-13/h1-3,5-6,10-11H,4,7-9,12H2,(H3,18,19,20). The zero-order valence-corrected chi connectivity index (χ0v) is 13.4. The summed E-state index contributed by atoms with van der Waals surface area (Å²) in [7, 11) is 0. The number of carbonyl (C=O) groups excluding carboxylic acids is 1. The number of hydrogen-bond acceptors (Lipinski definition) is 5. The van der Waals surface area contributed by atoms with Crippen molar-refractivity contribution in [3.63, 3.8) is 0 Å². The van der Waals surface area contributed by atoms with E-state index < -0.39 is 0 Å². The number of aryl methyl sites for hydroxylation is 2. The summed E-state index contributed by atoms with van der Waals surface area (Å²) >= 11 is 0. The average molecular weight is 324 g/mol. The molecule has 0 saturated heterocycles. The zero-order chi connectivity index (χ0) is 16.8. The first kappa shape index (κ1) is 15.9. The summed E-state index contributed by atoms with van der Waals surface area (Å²) in [6.45, 7) is 0.249. The highest BCUT2D eigenvalue weighted by atomic mass is 16.1. The van der Waals surface area contributed by atoms with E-state index in [-0.39, 0.29) is 12.3 Å². The third kappa shape index (κ3) is 4.52. The molecule has 0 unspecified atom stereocenters. The molecule has 0 saturated carbocycles. The Morgan fingerprint density at radius 3 is 2.79 bits per heavy atom. The number of hydrogen-bond donors (Lipinski definition) is 2. The van der Waals surface area contributed by atoms with Crippen molar-refractivity contribution >= 4 is 11.7 Å². The number of nitrogens with two attached hydrogens (primary N) is 1. The Balaban J connectivity index is 1.45. The molecule has 124 valence electrons. The first-order valence-electron chi connectivity index (χ1n) is 7.93. The minimum Gasteiger partial charge on any atom is -0.369 e. The number of carbonyl (C=O) groups is 1. The first-order valence-corrected chi connectivity index (χ1v) is 7.93. The minimum atomic E-state index is 0.116. The molecule has 0 aliphatic carbocycles. The Bertz CT molecular complexity index is 792. The lowest BCUT2D eigenvalue weighted by atomic mass is 10.1. The number of anilines is 1. The molecule has 0 atom stereocenters. The molecule has 3 N–H and O–H groups in total. The Labute approximate surface area is 139 Å². The number of Topliss-reactive ketones (excluding diaryl/α,β-unsaturated/α-hetero) is 1. The molecular formula is C17H20N6O. The number of nitrogens with one attached hydrogen (secondary N) is 1. The number of aromatic nitrogens is 5. The van der Waals surface area contributed by atoms with Crippen LogP contribution in [0.25, 0.3) is 0 Å². The van der Waals surface area contributed by atoms with Crippen molar-refractivity contribution in [3.8, 4) is 0 Å². The molecular weight excluding hydrogens is 304 g/mol. The number of nitrogens with zero attached hydrogens (tertiary/aromatic N) is 4. The second kappa shape index (κ2) is 7.54. The maximum atomic E-state index is 12.1. The van der Waals surface area contributed by atoms with E-state index in [4.69, 9.17) is 5.73 Å². The van der Waals surface area contributed by atoms with Gasteiger partial charge in [-0.25, -0.2) is 9.67 Å². The van der Waals surface area contributed by atoms with Gasteiger partial charge in [0.15, 0.2) is 11.7 Å². The lowest BCUT2D eigenvalue weighted by Gasteiger charge is -2.00. The van der Waals surface area contributed by atoms with Gasteiger partial charge in [0.25, 0.3) is 0 Å². The number of aromatic amines is 1. The van der Waals surface area contributed by atoms with Crippen LogP contribution in [0.15, 0.2) is 42.7 Å². The summed E-state index contributed by atoms with van der Waals surface area (Å²) in [5.41, 5.74) is 8.45. The van der Waals surface area contributed by atoms with Crippen LogP contribution < -0.4 is 5.73 Å². The summed E-state index contributed by atoms with van der Waals surface area (Å²) in [6.07, 6.45) is 6.56. The van der Waals surface area contributed by atoms with E-state index in [1.165, 1.54) is 0 Å². The molecule has 0 fully saturated rings. The van der Waals surface area contributed by atoms with Crippen molar-refractivity contribution in [1.82, 2.24) is 25.0 Å². The van der Waals surface area contributed by atoms with E-state index in [9.17, 15) is 4.79 Å². The molecule has 0 aliphatic heterocycles. The smallest absolute Gasteiger partial charge is 0.197 e. The fraction of sp³-hybridized carbons (Fsp3) is 0.294. The second-order valence-electron chi connectivity index (χ2n) is 5.76. The fourth-order valence-corrected chi connectivity index (χ4v) is 2.55. The zero-order valence-electron chi connectivity index (χ0n) is 13.4. The van der Waals surface area contributed by atoms with E-state index in [1.54, 1.807) is 10.9 Å². The molecule has 2 aromatic heterocycles. The van der Waals surface area contributed by atoms with Gasteiger partial charge in [-0.3, -0.25) is 4.79 Å². The Hall–Kier alpha value is -2.96. The lowest BCUT2D eigenvalue weighted by molar-refractivity contribution is -0.119. The molecule has 2 heterocycles. The van der Waals surface area contributed by atoms with Gasteiger partial charge in [-0.2, -0.15) is 0 Å². The maximum absolute atomic E-state index is 12.1. The van der Waals surface area contributed by atoms with Crippen molar-refractivity contribution in [3.05, 3.63) is 59.7 Å². The van der Waals surface area contributed by atoms with Crippen molar-refractivity contribution in [2.45, 2.75) is 32.2 Å². The highest BCUT2D eigenvalue weighted by molar-refractivity contribution is 5.80. The Morgan fingerprint density at radius 1 is 1.21 bits per heavy atom. The van der Waals surface area contributed by atoms with Crippen molar-refractivity contribution < 1.29 is 4.79 Å². The molecule has 7 nitrogen and oxygen atoms in total. The SMILES string of the molecule is Nc1ncc(CCCc2cn(CC(=O)Cc3ccccc3)nn2)[nH]1. The molecule has 0 bridgehead atoms. The average Bonchev–Trinajstić information content (AvgIpc) is 3.17. The van der Waals surface area contributed by atoms with Crippen LogP contribution in [0.3, 0.4) is 0 Å². The van der Waals surface area contributed by atoms with Gasteiger partial charge in [0.05, 0.1) is 11.9 Å². The van der Waals surface area contributed by atoms with Crippen molar-refractivity contribution in [1.29, 1.82) is 0 Å². The topological polar surface area (TPSA) is 102 Å². The Kier molecular flexibility index (Phi) is 5.00. The molecule has 3 rings (SSSR count). The van der Waals surface area contributed by atoms with Gasteiger partial charge in [-0.15, -0.1) is 5.10 Å². The van der Waals surface area contributed by atoms with Crippen LogP contribution in [-0.4, -0.2) is 30.7 Å². The van der Waals surface area contributed by atoms with Crippen LogP contribution in [0.1, 0.15) is 23.4 Å². The first-order chi connectivity index (χ1) is 11.7. The van der Waals surface area contributed by atoms with E-state index in [1.807, 2.05) is 36.5 Å². The van der Waals surface area contributed by atoms with Gasteiger partial charge in [0.1, 0.15) is 6.54 Å². The molecule has 7 heteroatoms. The number of H-pyrrole nitrogens is 1. The molecule has 24 heavy (non-hydrogen) atoms. The monoisotopic (exact) mass is 324 g/mol. The van der Waals surface area contributed by atoms with Gasteiger partial charge in [-0.05, 0) is 24.8 Å². The van der Waals surface area contributed by atoms with Gasteiger partial charge in [-0.1, -0.05) is 35.5 Å². The highest BCUT2D eigenvalue weighted by Crippen LogP contribution is 2.06. The van der Waals surface area contributed by atoms with Crippen LogP contribution in [-0.2, 0) is 30.6 Å². The normalized spacial score (nSPS) is 10.8. The number of benzene rings is 1. The largest absolute Gasteiger partial charge is 0.369 e. The highest BCUT2D eigenvalue weighted by Gasteiger charge is 2.08. The molecule has 0 amide bonds. The molecule has 1 aromatic carbocycles. The predicted octanol–water partition coefficient (Wildman–Crippen LogP) is 1.57. The molecule has 0 aliphatic rings. The summed E-state index contributed by atoms with van der Waals surface area (Å²) in [4.78, 5) is 19.0. The van der Waals surface area contributed by atoms with Crippen LogP contribution in [0, 0.1) is 0 Å². The number of rotatable bonds is 8. The van der Waals surface area contributed by atoms with Crippen molar-refractivity contribution in [2.75, 3.05) is 5.73 Å². The number of ketones is 1. The summed E-state index contributed by atoms with van der Waals surface area (Å²) in [5.74, 6) is 0.554. The predicted molar refractivity (Wildman–Crippen MR) is 90.2 cm³/mol. The van der Waals surface area contributed by atoms with Crippen molar-refractivity contribution in [2.24, 2.45) is 0 Å². The second-order valence-corrected chi connectivity index (χ2v) is 5.76. The molecule has 0 radical (unpaired) electrons. The quantitative estimate of drug-likeness (QED) is 0.655. The molecule has 3 aromatic rings. The summed E-state index contributed by atoms with van der Waals surface area (Å²) in [6, 6.07) is 9.71. The van der Waals surface area contributed by atoms with Crippen LogP contribution >= 0.6 is 0 Å². The molecule has 0 spiro atoms. The van der Waals surface area contributed by atoms with Gasteiger partial charge in [0.2, 0.25) is 0 Å². The van der Waals surface area contributed by atoms with Gasteiger partial charge >= 0.3 is 0 Å². The maximum Gasteiger partial charge on any atom is 0.197 e. The van der Waals surface area contributed by atoms with E-state index in [0.29, 0.717) is 12.4 Å². The minimum absolute atomic E-state index is 0.116. The number of imidazole rings is 1. The lowest BCUT2D eigenvalue weighted by Crippen LogP contribution is -2.13. The van der Waals surface area contributed by atoms with Gasteiger partial charge < -0.3 is 10.7 Å². The third-order valence-electron chi connectivity index (χ3n) is 3.70. The fourth-order valence-electron chi connectivity index (χ4n) is 2.55. The van der Waals surface area contributed by atoms with Crippen LogP contribution in [0.5, 0.6) is 0 Å². The summed E-state index contributed by atoms with van der Waals surface area (Å²) in [5, 5.41) is 8.16. The van der Waals surface area contributed by atoms with Crippen LogP contribution in [0.4, 0.5) is 5.95 Å². The third-order valence-corrected chi connectivity index (χ3v) is 3.70. The summed E-state index contributed by atoms with van der Waals surface area (Å²) < 4.78 is 1.61.